The lowest BCUT2D eigenvalue weighted by Crippen LogP contribution is -2.23. The average Bonchev–Trinajstić information content (AvgIpc) is 2.53. The van der Waals surface area contributed by atoms with Crippen molar-refractivity contribution in [2.75, 3.05) is 11.9 Å². The molecule has 0 aliphatic heterocycles. The number of rotatable bonds is 6. The lowest BCUT2D eigenvalue weighted by molar-refractivity contribution is -0.385. The largest absolute Gasteiger partial charge is 0.477 e. The van der Waals surface area contributed by atoms with Crippen LogP contribution in [0.25, 0.3) is 0 Å². The Bertz CT molecular complexity index is 809. The topological polar surface area (TPSA) is 125 Å². The molecule has 2 amide bonds. The van der Waals surface area contributed by atoms with Crippen molar-refractivity contribution >= 4 is 23.2 Å². The molecule has 0 aliphatic carbocycles. The number of halogens is 1. The number of nitrogens with zero attached hydrogens (tertiary/aromatic N) is 1. The molecular weight excluding hydrogens is 321 g/mol. The number of primary amides is 1. The number of nitrogens with one attached hydrogen (secondary N) is 1. The van der Waals surface area contributed by atoms with Gasteiger partial charge in [-0.1, -0.05) is 12.1 Å². The number of para-hydroxylation sites is 1. The van der Waals surface area contributed by atoms with Gasteiger partial charge >= 0.3 is 5.69 Å². The third-order valence-corrected chi connectivity index (χ3v) is 2.94. The summed E-state index contributed by atoms with van der Waals surface area (Å²) in [7, 11) is 0. The van der Waals surface area contributed by atoms with Gasteiger partial charge < -0.3 is 15.8 Å². The molecule has 0 spiro atoms. The predicted molar refractivity (Wildman–Crippen MR) is 82.1 cm³/mol. The highest BCUT2D eigenvalue weighted by Crippen LogP contribution is 2.27. The fourth-order valence-electron chi connectivity index (χ4n) is 1.89. The molecule has 0 aromatic heterocycles. The Morgan fingerprint density at radius 2 is 1.96 bits per heavy atom. The molecule has 9 heteroatoms. The molecule has 2 aromatic rings. The van der Waals surface area contributed by atoms with Crippen LogP contribution in [0.5, 0.6) is 5.75 Å². The lowest BCUT2D eigenvalue weighted by atomic mass is 10.1. The van der Waals surface area contributed by atoms with E-state index in [1.165, 1.54) is 12.1 Å². The number of hydrogen-bond acceptors (Lipinski definition) is 5. The second kappa shape index (κ2) is 7.18. The van der Waals surface area contributed by atoms with Gasteiger partial charge in [0.1, 0.15) is 5.82 Å². The van der Waals surface area contributed by atoms with Gasteiger partial charge in [0, 0.05) is 12.1 Å². The summed E-state index contributed by atoms with van der Waals surface area (Å²) in [5.41, 5.74) is 4.99. The van der Waals surface area contributed by atoms with E-state index in [0.29, 0.717) is 0 Å². The molecule has 0 saturated heterocycles. The van der Waals surface area contributed by atoms with Crippen LogP contribution < -0.4 is 15.8 Å². The summed E-state index contributed by atoms with van der Waals surface area (Å²) in [6.07, 6.45) is 0. The third-order valence-electron chi connectivity index (χ3n) is 2.94. The van der Waals surface area contributed by atoms with Gasteiger partial charge in [0.2, 0.25) is 5.75 Å². The number of carbonyl (C=O) groups is 2. The minimum absolute atomic E-state index is 0.0996. The molecule has 24 heavy (non-hydrogen) atoms. The Hall–Kier alpha value is -3.49. The number of nitro groups is 1. The van der Waals surface area contributed by atoms with Crippen LogP contribution >= 0.6 is 0 Å². The first-order valence-corrected chi connectivity index (χ1v) is 6.64. The van der Waals surface area contributed by atoms with Gasteiger partial charge in [0.15, 0.2) is 6.61 Å². The van der Waals surface area contributed by atoms with Crippen molar-refractivity contribution in [2.24, 2.45) is 5.73 Å². The van der Waals surface area contributed by atoms with E-state index in [0.717, 1.165) is 18.2 Å². The number of nitro benzene ring substituents is 1. The number of hydrogen-bond donors (Lipinski definition) is 2. The first-order valence-electron chi connectivity index (χ1n) is 6.64. The zero-order chi connectivity index (χ0) is 17.7. The van der Waals surface area contributed by atoms with E-state index in [2.05, 4.69) is 5.32 Å². The van der Waals surface area contributed by atoms with Crippen molar-refractivity contribution in [1.82, 2.24) is 0 Å². The van der Waals surface area contributed by atoms with Gasteiger partial charge in [-0.3, -0.25) is 19.7 Å². The van der Waals surface area contributed by atoms with Crippen LogP contribution in [0.2, 0.25) is 0 Å². The number of nitrogens with two attached hydrogens (primary N) is 1. The molecule has 0 saturated carbocycles. The van der Waals surface area contributed by atoms with Crippen molar-refractivity contribution in [2.45, 2.75) is 0 Å². The second-order valence-electron chi connectivity index (χ2n) is 4.62. The van der Waals surface area contributed by atoms with E-state index in [-0.39, 0.29) is 17.0 Å². The van der Waals surface area contributed by atoms with Crippen molar-refractivity contribution in [1.29, 1.82) is 0 Å². The number of carbonyl (C=O) groups excluding carboxylic acids is 2. The third kappa shape index (κ3) is 4.03. The quantitative estimate of drug-likeness (QED) is 0.616. The first-order chi connectivity index (χ1) is 11.4. The molecule has 8 nitrogen and oxygen atoms in total. The van der Waals surface area contributed by atoms with Gasteiger partial charge in [-0.15, -0.1) is 0 Å². The van der Waals surface area contributed by atoms with Crippen molar-refractivity contribution in [3.63, 3.8) is 0 Å². The first kappa shape index (κ1) is 16.9. The van der Waals surface area contributed by atoms with Crippen LogP contribution in [0, 0.1) is 15.9 Å². The van der Waals surface area contributed by atoms with Crippen molar-refractivity contribution < 1.29 is 23.6 Å². The molecule has 0 aliphatic rings. The number of amides is 2. The molecule has 0 heterocycles. The fraction of sp³-hybridized carbons (Fsp3) is 0.0667. The molecule has 2 aromatic carbocycles. The van der Waals surface area contributed by atoms with Crippen molar-refractivity contribution in [3.8, 4) is 5.75 Å². The Balaban J connectivity index is 2.09. The molecule has 0 unspecified atom stereocenters. The van der Waals surface area contributed by atoms with Gasteiger partial charge in [-0.05, 0) is 18.2 Å². The van der Waals surface area contributed by atoms with Gasteiger partial charge in [0.05, 0.1) is 16.2 Å². The second-order valence-corrected chi connectivity index (χ2v) is 4.62. The van der Waals surface area contributed by atoms with E-state index >= 15 is 0 Å². The standard InChI is InChI=1S/C15H12FN3O5/c16-9-5-6-12(19(22)23)13(7-9)24-8-14(20)18-11-4-2-1-3-10(11)15(17)21/h1-7H,8H2,(H2,17,21)(H,18,20). The molecular formula is C15H12FN3O5. The number of ether oxygens (including phenoxy) is 1. The average molecular weight is 333 g/mol. The summed E-state index contributed by atoms with van der Waals surface area (Å²) >= 11 is 0. The molecule has 0 fully saturated rings. The number of anilines is 1. The molecule has 3 N–H and O–H groups in total. The Morgan fingerprint density at radius 3 is 2.62 bits per heavy atom. The monoisotopic (exact) mass is 333 g/mol. The maximum Gasteiger partial charge on any atom is 0.311 e. The molecule has 0 bridgehead atoms. The summed E-state index contributed by atoms with van der Waals surface area (Å²) < 4.78 is 18.2. The Morgan fingerprint density at radius 1 is 1.25 bits per heavy atom. The van der Waals surface area contributed by atoms with Crippen LogP contribution in [-0.2, 0) is 4.79 Å². The lowest BCUT2D eigenvalue weighted by Gasteiger charge is -2.10. The van der Waals surface area contributed by atoms with Crippen molar-refractivity contribution in [3.05, 3.63) is 64.0 Å². The highest BCUT2D eigenvalue weighted by Gasteiger charge is 2.17. The zero-order valence-electron chi connectivity index (χ0n) is 12.2. The van der Waals surface area contributed by atoms with Crippen LogP contribution in [0.1, 0.15) is 10.4 Å². The highest BCUT2D eigenvalue weighted by molar-refractivity contribution is 6.03. The molecule has 0 atom stereocenters. The van der Waals surface area contributed by atoms with Gasteiger partial charge in [-0.2, -0.15) is 0 Å². The smallest absolute Gasteiger partial charge is 0.311 e. The maximum absolute atomic E-state index is 13.2. The minimum Gasteiger partial charge on any atom is -0.477 e. The fourth-order valence-corrected chi connectivity index (χ4v) is 1.89. The SMILES string of the molecule is NC(=O)c1ccccc1NC(=O)COc1cc(F)ccc1[N+](=O)[O-]. The van der Waals surface area contributed by atoms with E-state index in [9.17, 15) is 24.1 Å². The van der Waals surface area contributed by atoms with Gasteiger partial charge in [-0.25, -0.2) is 4.39 Å². The summed E-state index contributed by atoms with van der Waals surface area (Å²) in [6, 6.07) is 8.70. The molecule has 124 valence electrons. The Labute approximate surface area is 135 Å². The number of benzene rings is 2. The summed E-state index contributed by atoms with van der Waals surface area (Å²) in [5, 5.41) is 13.2. The minimum atomic E-state index is -0.755. The van der Waals surface area contributed by atoms with Crippen LogP contribution in [0.15, 0.2) is 42.5 Å². The zero-order valence-corrected chi connectivity index (χ0v) is 12.2. The maximum atomic E-state index is 13.2. The van der Waals surface area contributed by atoms with Crippen LogP contribution in [0.4, 0.5) is 15.8 Å². The van der Waals surface area contributed by atoms with E-state index in [4.69, 9.17) is 10.5 Å². The predicted octanol–water partition coefficient (Wildman–Crippen LogP) is 1.85. The summed E-state index contributed by atoms with van der Waals surface area (Å²) in [4.78, 5) is 33.2. The molecule has 2 rings (SSSR count). The summed E-state index contributed by atoms with van der Waals surface area (Å²) in [6.45, 7) is -0.614. The van der Waals surface area contributed by atoms with E-state index in [1.807, 2.05) is 0 Å². The van der Waals surface area contributed by atoms with Crippen LogP contribution in [0.3, 0.4) is 0 Å². The summed E-state index contributed by atoms with van der Waals surface area (Å²) in [5.74, 6) is -2.54. The highest BCUT2D eigenvalue weighted by atomic mass is 19.1. The van der Waals surface area contributed by atoms with Gasteiger partial charge in [0.25, 0.3) is 11.8 Å². The van der Waals surface area contributed by atoms with Crippen LogP contribution in [-0.4, -0.2) is 23.3 Å². The normalized spacial score (nSPS) is 10.0. The van der Waals surface area contributed by atoms with E-state index < -0.39 is 34.8 Å². The Kier molecular flexibility index (Phi) is 5.05. The van der Waals surface area contributed by atoms with E-state index in [1.54, 1.807) is 12.1 Å². The molecule has 0 radical (unpaired) electrons.